The lowest BCUT2D eigenvalue weighted by atomic mass is 10.3. The van der Waals surface area contributed by atoms with E-state index in [9.17, 15) is 13.2 Å². The number of sulfone groups is 1. The molecular formula is C6H7N3O4S. The van der Waals surface area contributed by atoms with Crippen molar-refractivity contribution in [1.82, 2.24) is 15.0 Å². The van der Waals surface area contributed by atoms with Crippen molar-refractivity contribution in [3.63, 3.8) is 0 Å². The zero-order chi connectivity index (χ0) is 10.3. The van der Waals surface area contributed by atoms with Crippen LogP contribution >= 0.6 is 0 Å². The third-order valence-electron chi connectivity index (χ3n) is 2.01. The fourth-order valence-corrected chi connectivity index (χ4v) is 2.63. The van der Waals surface area contributed by atoms with E-state index in [1.165, 1.54) is 4.68 Å². The Hall–Kier alpha value is -1.44. The molecule has 2 heterocycles. The largest absolute Gasteiger partial charge is 0.476 e. The first-order valence-corrected chi connectivity index (χ1v) is 5.68. The van der Waals surface area contributed by atoms with Gasteiger partial charge in [-0.3, -0.25) is 0 Å². The van der Waals surface area contributed by atoms with Crippen molar-refractivity contribution in [3.8, 4) is 0 Å². The van der Waals surface area contributed by atoms with Gasteiger partial charge in [-0.2, -0.15) is 0 Å². The first-order chi connectivity index (χ1) is 6.49. The summed E-state index contributed by atoms with van der Waals surface area (Å²) < 4.78 is 23.8. The number of nitrogens with zero attached hydrogens (tertiary/aromatic N) is 3. The molecule has 0 aromatic carbocycles. The Morgan fingerprint density at radius 1 is 1.50 bits per heavy atom. The number of hydrogen-bond donors (Lipinski definition) is 1. The van der Waals surface area contributed by atoms with Crippen molar-refractivity contribution >= 4 is 15.8 Å². The van der Waals surface area contributed by atoms with Gasteiger partial charge in [0.2, 0.25) is 0 Å². The monoisotopic (exact) mass is 217 g/mol. The smallest absolute Gasteiger partial charge is 0.358 e. The van der Waals surface area contributed by atoms with E-state index in [0.29, 0.717) is 0 Å². The van der Waals surface area contributed by atoms with Crippen molar-refractivity contribution in [2.24, 2.45) is 0 Å². The second-order valence-corrected chi connectivity index (χ2v) is 5.19. The van der Waals surface area contributed by atoms with E-state index < -0.39 is 15.8 Å². The quantitative estimate of drug-likeness (QED) is 0.640. The predicted octanol–water partition coefficient (Wildman–Crippen LogP) is -1.10. The molecule has 0 unspecified atom stereocenters. The lowest BCUT2D eigenvalue weighted by Crippen LogP contribution is -2.25. The van der Waals surface area contributed by atoms with Gasteiger partial charge in [0, 0.05) is 0 Å². The summed E-state index contributed by atoms with van der Waals surface area (Å²) in [4.78, 5) is 10.6. The third-order valence-corrected chi connectivity index (χ3v) is 3.53. The van der Waals surface area contributed by atoms with Crippen LogP contribution in [0.2, 0.25) is 0 Å². The van der Waals surface area contributed by atoms with Gasteiger partial charge in [-0.1, -0.05) is 5.21 Å². The molecule has 0 bridgehead atoms. The average molecular weight is 217 g/mol. The maximum absolute atomic E-state index is 11.2. The van der Waals surface area contributed by atoms with E-state index in [1.54, 1.807) is 0 Å². The van der Waals surface area contributed by atoms with Crippen molar-refractivity contribution in [1.29, 1.82) is 0 Å². The van der Waals surface area contributed by atoms with Crippen LogP contribution < -0.4 is 0 Å². The molecule has 0 radical (unpaired) electrons. The van der Waals surface area contributed by atoms with Gasteiger partial charge in [0.15, 0.2) is 15.5 Å². The van der Waals surface area contributed by atoms with Crippen molar-refractivity contribution in [2.75, 3.05) is 5.75 Å². The number of fused-ring (bicyclic) bond motifs is 1. The van der Waals surface area contributed by atoms with Gasteiger partial charge in [-0.15, -0.1) is 5.10 Å². The Labute approximate surface area is 79.3 Å². The molecule has 1 N–H and O–H groups in total. The molecule has 76 valence electrons. The molecule has 0 spiro atoms. The Morgan fingerprint density at radius 2 is 2.21 bits per heavy atom. The summed E-state index contributed by atoms with van der Waals surface area (Å²) in [5, 5.41) is 15.7. The lowest BCUT2D eigenvalue weighted by molar-refractivity contribution is 0.0689. The molecule has 7 nitrogen and oxygen atoms in total. The molecule has 0 saturated carbocycles. The summed E-state index contributed by atoms with van der Waals surface area (Å²) >= 11 is 0. The second kappa shape index (κ2) is 2.77. The summed E-state index contributed by atoms with van der Waals surface area (Å²) in [5.41, 5.74) is -0.1000. The SMILES string of the molecule is O=C(O)c1nnn2c1CS(=O)(=O)CC2. The lowest BCUT2D eigenvalue weighted by Gasteiger charge is -2.12. The van der Waals surface area contributed by atoms with E-state index >= 15 is 0 Å². The number of hydrogen-bond acceptors (Lipinski definition) is 5. The Balaban J connectivity index is 2.53. The minimum Gasteiger partial charge on any atom is -0.476 e. The third kappa shape index (κ3) is 1.37. The van der Waals surface area contributed by atoms with Crippen molar-refractivity contribution < 1.29 is 18.3 Å². The molecular weight excluding hydrogens is 210 g/mol. The fraction of sp³-hybridized carbons (Fsp3) is 0.500. The highest BCUT2D eigenvalue weighted by Gasteiger charge is 2.28. The zero-order valence-corrected chi connectivity index (χ0v) is 7.86. The fourth-order valence-electron chi connectivity index (χ4n) is 1.33. The van der Waals surface area contributed by atoms with Crippen LogP contribution in [0.15, 0.2) is 0 Å². The van der Waals surface area contributed by atoms with E-state index in [2.05, 4.69) is 10.3 Å². The molecule has 2 rings (SSSR count). The molecule has 0 aliphatic carbocycles. The summed E-state index contributed by atoms with van der Waals surface area (Å²) in [5.74, 6) is -1.55. The highest BCUT2D eigenvalue weighted by atomic mass is 32.2. The number of carboxylic acids is 1. The van der Waals surface area contributed by atoms with Crippen LogP contribution in [0.5, 0.6) is 0 Å². The summed E-state index contributed by atoms with van der Waals surface area (Å²) in [7, 11) is -3.19. The van der Waals surface area contributed by atoms with Gasteiger partial charge in [-0.05, 0) is 0 Å². The van der Waals surface area contributed by atoms with Gasteiger partial charge in [0.05, 0.1) is 23.7 Å². The van der Waals surface area contributed by atoms with Crippen LogP contribution in [0.25, 0.3) is 0 Å². The predicted molar refractivity (Wildman–Crippen MR) is 44.5 cm³/mol. The highest BCUT2D eigenvalue weighted by molar-refractivity contribution is 7.90. The van der Waals surface area contributed by atoms with Crippen LogP contribution in [0.4, 0.5) is 0 Å². The van der Waals surface area contributed by atoms with E-state index in [-0.39, 0.29) is 29.4 Å². The molecule has 0 saturated heterocycles. The number of aromatic nitrogens is 3. The molecule has 1 aliphatic rings. The van der Waals surface area contributed by atoms with Gasteiger partial charge >= 0.3 is 5.97 Å². The number of carboxylic acid groups (broad SMARTS) is 1. The van der Waals surface area contributed by atoms with E-state index in [1.807, 2.05) is 0 Å². The Kier molecular flexibility index (Phi) is 1.81. The maximum atomic E-state index is 11.2. The van der Waals surface area contributed by atoms with E-state index in [0.717, 1.165) is 0 Å². The first-order valence-electron chi connectivity index (χ1n) is 3.86. The molecule has 0 atom stereocenters. The second-order valence-electron chi connectivity index (χ2n) is 3.01. The van der Waals surface area contributed by atoms with Gasteiger partial charge in [0.1, 0.15) is 0 Å². The molecule has 1 aliphatic heterocycles. The summed E-state index contributed by atoms with van der Waals surface area (Å²) in [6.07, 6.45) is 0. The Morgan fingerprint density at radius 3 is 2.86 bits per heavy atom. The summed E-state index contributed by atoms with van der Waals surface area (Å²) in [6, 6.07) is 0. The Bertz CT molecular complexity index is 489. The zero-order valence-electron chi connectivity index (χ0n) is 7.04. The van der Waals surface area contributed by atoms with Crippen LogP contribution in [0, 0.1) is 0 Å². The van der Waals surface area contributed by atoms with Crippen LogP contribution in [0.1, 0.15) is 16.2 Å². The number of aromatic carboxylic acids is 1. The molecule has 8 heteroatoms. The van der Waals surface area contributed by atoms with Crippen molar-refractivity contribution in [2.45, 2.75) is 12.3 Å². The minimum absolute atomic E-state index is 0.0115. The van der Waals surface area contributed by atoms with Gasteiger partial charge in [-0.25, -0.2) is 17.9 Å². The molecule has 0 fully saturated rings. The number of aryl methyl sites for hydroxylation is 1. The van der Waals surface area contributed by atoms with Gasteiger partial charge in [0.25, 0.3) is 0 Å². The van der Waals surface area contributed by atoms with Crippen LogP contribution in [0.3, 0.4) is 0 Å². The van der Waals surface area contributed by atoms with Crippen LogP contribution in [-0.4, -0.2) is 40.2 Å². The maximum Gasteiger partial charge on any atom is 0.358 e. The first kappa shape index (κ1) is 9.13. The summed E-state index contributed by atoms with van der Waals surface area (Å²) in [6.45, 7) is 0.179. The normalized spacial score (nSPS) is 18.9. The number of rotatable bonds is 1. The minimum atomic E-state index is -3.19. The van der Waals surface area contributed by atoms with Crippen LogP contribution in [-0.2, 0) is 22.1 Å². The van der Waals surface area contributed by atoms with Crippen molar-refractivity contribution in [3.05, 3.63) is 11.4 Å². The van der Waals surface area contributed by atoms with Gasteiger partial charge < -0.3 is 5.11 Å². The molecule has 0 amide bonds. The number of carbonyl (C=O) groups is 1. The molecule has 1 aromatic rings. The van der Waals surface area contributed by atoms with E-state index in [4.69, 9.17) is 5.11 Å². The standard InChI is InChI=1S/C6H7N3O4S/c10-6(11)5-4-3-14(12,13)2-1-9(4)8-7-5/h1-3H2,(H,10,11). The molecule has 14 heavy (non-hydrogen) atoms. The topological polar surface area (TPSA) is 102 Å². The highest BCUT2D eigenvalue weighted by Crippen LogP contribution is 2.15. The molecule has 1 aromatic heterocycles. The average Bonchev–Trinajstić information content (AvgIpc) is 2.44.